The second kappa shape index (κ2) is 13.7. The number of fused-ring (bicyclic) bond motifs is 1. The van der Waals surface area contributed by atoms with Crippen molar-refractivity contribution in [2.45, 2.75) is 6.42 Å². The first-order valence-electron chi connectivity index (χ1n) is 13.9. The van der Waals surface area contributed by atoms with Crippen molar-refractivity contribution in [2.24, 2.45) is 0 Å². The van der Waals surface area contributed by atoms with Crippen LogP contribution in [0.15, 0.2) is 84.4 Å². The summed E-state index contributed by atoms with van der Waals surface area (Å²) < 4.78 is 45.8. The molecule has 10 heteroatoms. The number of likely N-dealkylation sites (N-methyl/N-ethyl adjacent to an activating group) is 1. The van der Waals surface area contributed by atoms with Gasteiger partial charge in [-0.3, -0.25) is 9.71 Å². The van der Waals surface area contributed by atoms with Gasteiger partial charge >= 0.3 is 0 Å². The van der Waals surface area contributed by atoms with E-state index >= 15 is 0 Å². The van der Waals surface area contributed by atoms with Crippen LogP contribution in [0.5, 0.6) is 23.0 Å². The van der Waals surface area contributed by atoms with E-state index in [-0.39, 0.29) is 0 Å². The van der Waals surface area contributed by atoms with Crippen LogP contribution in [-0.4, -0.2) is 76.7 Å². The molecule has 1 saturated heterocycles. The first kappa shape index (κ1) is 29.4. The van der Waals surface area contributed by atoms with Gasteiger partial charge in [0.2, 0.25) is 0 Å². The molecule has 0 spiro atoms. The summed E-state index contributed by atoms with van der Waals surface area (Å²) in [5.41, 5.74) is 1.87. The van der Waals surface area contributed by atoms with Crippen LogP contribution in [-0.2, 0) is 10.0 Å². The predicted molar refractivity (Wildman–Crippen MR) is 167 cm³/mol. The van der Waals surface area contributed by atoms with Gasteiger partial charge in [0, 0.05) is 56.4 Å². The van der Waals surface area contributed by atoms with E-state index in [9.17, 15) is 8.42 Å². The van der Waals surface area contributed by atoms with Crippen molar-refractivity contribution in [2.75, 3.05) is 58.2 Å². The van der Waals surface area contributed by atoms with Crippen molar-refractivity contribution >= 4 is 32.7 Å². The highest BCUT2D eigenvalue weighted by atomic mass is 32.2. The van der Waals surface area contributed by atoms with Gasteiger partial charge in [-0.15, -0.1) is 0 Å². The quantitative estimate of drug-likeness (QED) is 0.218. The number of hydrogen-bond donors (Lipinski definition) is 1. The molecule has 0 atom stereocenters. The van der Waals surface area contributed by atoms with Crippen LogP contribution in [0.3, 0.4) is 0 Å². The summed E-state index contributed by atoms with van der Waals surface area (Å²) in [5.74, 6) is 2.25. The average molecular weight is 589 g/mol. The molecule has 1 fully saturated rings. The van der Waals surface area contributed by atoms with Crippen LogP contribution in [0.1, 0.15) is 12.0 Å². The van der Waals surface area contributed by atoms with Gasteiger partial charge < -0.3 is 24.0 Å². The molecular weight excluding hydrogens is 552 g/mol. The number of methoxy groups -OCH3 is 1. The molecule has 0 bridgehead atoms. The number of anilines is 1. The van der Waals surface area contributed by atoms with Gasteiger partial charge in [0.1, 0.15) is 11.5 Å². The number of hydrogen-bond acceptors (Lipinski definition) is 8. The van der Waals surface area contributed by atoms with Crippen molar-refractivity contribution in [3.05, 3.63) is 90.0 Å². The Morgan fingerprint density at radius 2 is 1.74 bits per heavy atom. The molecule has 0 radical (unpaired) electrons. The second-order valence-corrected chi connectivity index (χ2v) is 11.7. The van der Waals surface area contributed by atoms with Gasteiger partial charge in [-0.2, -0.15) is 0 Å². The Balaban J connectivity index is 1.25. The number of aromatic nitrogens is 1. The predicted octanol–water partition coefficient (Wildman–Crippen LogP) is 5.46. The normalized spacial score (nSPS) is 14.7. The minimum absolute atomic E-state index is 0.383. The summed E-state index contributed by atoms with van der Waals surface area (Å²) in [6.45, 7) is 5.94. The molecule has 1 aromatic heterocycles. The molecule has 5 rings (SSSR count). The number of pyridine rings is 1. The van der Waals surface area contributed by atoms with Gasteiger partial charge in [-0.05, 0) is 49.4 Å². The van der Waals surface area contributed by atoms with Crippen LogP contribution in [0.4, 0.5) is 5.69 Å². The topological polar surface area (TPSA) is 93.2 Å². The van der Waals surface area contributed by atoms with Gasteiger partial charge in [0.25, 0.3) is 10.0 Å². The minimum Gasteiger partial charge on any atom is -0.493 e. The molecule has 1 aliphatic rings. The van der Waals surface area contributed by atoms with E-state index in [2.05, 4.69) is 26.6 Å². The second-order valence-electron chi connectivity index (χ2n) is 10.2. The maximum Gasteiger partial charge on any atom is 0.255 e. The Labute approximate surface area is 247 Å². The molecule has 0 unspecified atom stereocenters. The Morgan fingerprint density at radius 3 is 2.52 bits per heavy atom. The summed E-state index contributed by atoms with van der Waals surface area (Å²) in [6.07, 6.45) is 4.14. The van der Waals surface area contributed by atoms with Crippen molar-refractivity contribution in [1.29, 1.82) is 0 Å². The average Bonchev–Trinajstić information content (AvgIpc) is 2.99. The third kappa shape index (κ3) is 8.00. The van der Waals surface area contributed by atoms with Crippen molar-refractivity contribution < 1.29 is 22.6 Å². The molecule has 2 heterocycles. The van der Waals surface area contributed by atoms with Crippen LogP contribution >= 0.6 is 0 Å². The highest BCUT2D eigenvalue weighted by molar-refractivity contribution is 7.95. The standard InChI is InChI=1S/C32H36N4O5S/c1-35-16-18-36(19-17-35)15-7-20-40-32-24-29-28(23-31(32)39-2)30(12-14-33-29)41-27-11-6-10-26(22-27)34-42(37,38)21-13-25-8-4-3-5-9-25/h3-6,8-14,21-24,34H,7,15-20H2,1-2H3. The van der Waals surface area contributed by atoms with Crippen LogP contribution in [0, 0.1) is 0 Å². The highest BCUT2D eigenvalue weighted by Crippen LogP contribution is 2.37. The van der Waals surface area contributed by atoms with Gasteiger partial charge in [-0.1, -0.05) is 36.4 Å². The number of sulfonamides is 1. The lowest BCUT2D eigenvalue weighted by atomic mass is 10.1. The van der Waals surface area contributed by atoms with E-state index in [1.807, 2.05) is 42.5 Å². The van der Waals surface area contributed by atoms with Crippen LogP contribution in [0.2, 0.25) is 0 Å². The molecule has 42 heavy (non-hydrogen) atoms. The zero-order valence-electron chi connectivity index (χ0n) is 23.9. The van der Waals surface area contributed by atoms with Crippen molar-refractivity contribution in [3.8, 4) is 23.0 Å². The number of nitrogens with one attached hydrogen (secondary N) is 1. The molecule has 0 amide bonds. The van der Waals surface area contributed by atoms with Crippen molar-refractivity contribution in [1.82, 2.24) is 14.8 Å². The molecule has 0 aliphatic carbocycles. The van der Waals surface area contributed by atoms with E-state index < -0.39 is 10.0 Å². The molecule has 1 N–H and O–H groups in total. The largest absolute Gasteiger partial charge is 0.493 e. The van der Waals surface area contributed by atoms with Crippen molar-refractivity contribution in [3.63, 3.8) is 0 Å². The molecule has 1 aliphatic heterocycles. The lowest BCUT2D eigenvalue weighted by Crippen LogP contribution is -2.44. The van der Waals surface area contributed by atoms with E-state index in [0.717, 1.165) is 55.5 Å². The number of nitrogens with zero attached hydrogens (tertiary/aromatic N) is 3. The minimum atomic E-state index is -3.72. The molecular formula is C32H36N4O5S. The fourth-order valence-electron chi connectivity index (χ4n) is 4.71. The number of piperazine rings is 1. The first-order valence-corrected chi connectivity index (χ1v) is 15.5. The lowest BCUT2D eigenvalue weighted by molar-refractivity contribution is 0.145. The van der Waals surface area contributed by atoms with E-state index in [4.69, 9.17) is 14.2 Å². The SMILES string of the molecule is COc1cc2c(Oc3cccc(NS(=O)(=O)C=Cc4ccccc4)c3)ccnc2cc1OCCCN1CCN(C)CC1. The molecule has 4 aromatic rings. The van der Waals surface area contributed by atoms with E-state index in [0.29, 0.717) is 40.8 Å². The number of benzene rings is 3. The maximum atomic E-state index is 12.6. The van der Waals surface area contributed by atoms with E-state index in [1.165, 1.54) is 0 Å². The Morgan fingerprint density at radius 1 is 0.929 bits per heavy atom. The summed E-state index contributed by atoms with van der Waals surface area (Å²) in [6, 6.07) is 21.5. The zero-order chi connectivity index (χ0) is 29.4. The summed E-state index contributed by atoms with van der Waals surface area (Å²) in [7, 11) is 0.0453. The first-order chi connectivity index (χ1) is 20.4. The van der Waals surface area contributed by atoms with Crippen LogP contribution < -0.4 is 18.9 Å². The Hall–Kier alpha value is -4.12. The van der Waals surface area contributed by atoms with Gasteiger partial charge in [0.15, 0.2) is 11.5 Å². The molecule has 3 aromatic carbocycles. The van der Waals surface area contributed by atoms with Gasteiger partial charge in [0.05, 0.1) is 30.3 Å². The monoisotopic (exact) mass is 588 g/mol. The summed E-state index contributed by atoms with van der Waals surface area (Å²) in [4.78, 5) is 9.33. The third-order valence-electron chi connectivity index (χ3n) is 7.02. The number of rotatable bonds is 12. The smallest absolute Gasteiger partial charge is 0.255 e. The van der Waals surface area contributed by atoms with E-state index in [1.54, 1.807) is 49.7 Å². The zero-order valence-corrected chi connectivity index (χ0v) is 24.7. The lowest BCUT2D eigenvalue weighted by Gasteiger charge is -2.32. The Bertz CT molecular complexity index is 1620. The fraction of sp³-hybridized carbons (Fsp3) is 0.281. The summed E-state index contributed by atoms with van der Waals surface area (Å²) >= 11 is 0. The van der Waals surface area contributed by atoms with Crippen LogP contribution in [0.25, 0.3) is 17.0 Å². The highest BCUT2D eigenvalue weighted by Gasteiger charge is 2.15. The molecule has 9 nitrogen and oxygen atoms in total. The third-order valence-corrected chi connectivity index (χ3v) is 8.03. The number of ether oxygens (including phenoxy) is 3. The maximum absolute atomic E-state index is 12.6. The van der Waals surface area contributed by atoms with Gasteiger partial charge in [-0.25, -0.2) is 8.42 Å². The summed E-state index contributed by atoms with van der Waals surface area (Å²) in [5, 5.41) is 1.89. The molecule has 220 valence electrons. The Kier molecular flexibility index (Phi) is 9.58. The molecule has 0 saturated carbocycles. The fourth-order valence-corrected chi connectivity index (χ4v) is 5.57.